The van der Waals surface area contributed by atoms with Crippen molar-refractivity contribution >= 4 is 45.7 Å². The Morgan fingerprint density at radius 1 is 1.39 bits per heavy atom. The molecule has 0 saturated heterocycles. The zero-order chi connectivity index (χ0) is 22.1. The number of anilines is 1. The molecular formula is C20H21ClN6O4. The van der Waals surface area contributed by atoms with Crippen LogP contribution < -0.4 is 5.32 Å². The molecule has 4 heterocycles. The van der Waals surface area contributed by atoms with Crippen molar-refractivity contribution in [3.8, 4) is 0 Å². The van der Waals surface area contributed by atoms with Gasteiger partial charge in [0.1, 0.15) is 5.65 Å². The number of carbonyl (C=O) groups is 2. The predicted molar refractivity (Wildman–Crippen MR) is 115 cm³/mol. The molecule has 0 aromatic carbocycles. The van der Waals surface area contributed by atoms with Crippen LogP contribution in [0.2, 0.25) is 5.02 Å². The summed E-state index contributed by atoms with van der Waals surface area (Å²) in [5.41, 5.74) is 3.79. The molecule has 5 N–H and O–H groups in total. The molecule has 0 fully saturated rings. The van der Waals surface area contributed by atoms with E-state index in [0.29, 0.717) is 36.5 Å². The molecule has 10 nitrogen and oxygen atoms in total. The zero-order valence-corrected chi connectivity index (χ0v) is 17.4. The van der Waals surface area contributed by atoms with Crippen LogP contribution in [0.25, 0.3) is 16.6 Å². The molecule has 0 radical (unpaired) electrons. The van der Waals surface area contributed by atoms with Crippen LogP contribution >= 0.6 is 11.6 Å². The standard InChI is InChI=1S/C20H21ClN6O4/c1-10-16(21)17(26-25-10)19(30)23-13-6-12-7-14(24-18(12)22-8-13)11-2-4-27(5-3-11)20(31)15(29)9-28/h2,6-8,15,28-29H,3-5,9H2,1H3,(H,22,24)(H,23,30)(H,25,26). The lowest BCUT2D eigenvalue weighted by molar-refractivity contribution is -0.141. The van der Waals surface area contributed by atoms with E-state index in [9.17, 15) is 14.7 Å². The maximum absolute atomic E-state index is 12.4. The second-order valence-electron chi connectivity index (χ2n) is 7.27. The molecule has 162 valence electrons. The summed E-state index contributed by atoms with van der Waals surface area (Å²) in [4.78, 5) is 33.5. The molecule has 3 aromatic heterocycles. The van der Waals surface area contributed by atoms with E-state index in [1.807, 2.05) is 12.1 Å². The van der Waals surface area contributed by atoms with Crippen molar-refractivity contribution < 1.29 is 19.8 Å². The average molecular weight is 445 g/mol. The first-order valence-electron chi connectivity index (χ1n) is 9.65. The Morgan fingerprint density at radius 2 is 2.19 bits per heavy atom. The second-order valence-corrected chi connectivity index (χ2v) is 7.65. The van der Waals surface area contributed by atoms with Crippen LogP contribution in [0.4, 0.5) is 5.69 Å². The normalized spacial score (nSPS) is 15.1. The van der Waals surface area contributed by atoms with Crippen LogP contribution in [-0.4, -0.2) is 72.9 Å². The zero-order valence-electron chi connectivity index (χ0n) is 16.6. The van der Waals surface area contributed by atoms with Gasteiger partial charge in [-0.1, -0.05) is 17.7 Å². The Morgan fingerprint density at radius 3 is 2.84 bits per heavy atom. The molecule has 1 aliphatic rings. The summed E-state index contributed by atoms with van der Waals surface area (Å²) < 4.78 is 0. The number of halogens is 1. The number of pyridine rings is 1. The Labute approximate surface area is 181 Å². The van der Waals surface area contributed by atoms with Gasteiger partial charge in [-0.25, -0.2) is 4.98 Å². The molecule has 4 rings (SSSR count). The Kier molecular flexibility index (Phi) is 5.77. The van der Waals surface area contributed by atoms with Gasteiger partial charge in [0.25, 0.3) is 11.8 Å². The van der Waals surface area contributed by atoms with Gasteiger partial charge in [0.2, 0.25) is 0 Å². The third-order valence-corrected chi connectivity index (χ3v) is 5.60. The summed E-state index contributed by atoms with van der Waals surface area (Å²) in [6, 6.07) is 3.72. The first kappa shape index (κ1) is 21.0. The molecule has 3 aromatic rings. The minimum absolute atomic E-state index is 0.117. The van der Waals surface area contributed by atoms with E-state index >= 15 is 0 Å². The van der Waals surface area contributed by atoms with E-state index in [1.165, 1.54) is 4.90 Å². The van der Waals surface area contributed by atoms with Crippen LogP contribution in [-0.2, 0) is 4.79 Å². The van der Waals surface area contributed by atoms with Crippen molar-refractivity contribution in [3.63, 3.8) is 0 Å². The lowest BCUT2D eigenvalue weighted by Crippen LogP contribution is -2.42. The van der Waals surface area contributed by atoms with Crippen molar-refractivity contribution in [1.82, 2.24) is 25.1 Å². The number of nitrogens with one attached hydrogen (secondary N) is 3. The van der Waals surface area contributed by atoms with Crippen molar-refractivity contribution in [2.24, 2.45) is 0 Å². The summed E-state index contributed by atoms with van der Waals surface area (Å²) in [5.74, 6) is -0.917. The van der Waals surface area contributed by atoms with Crippen molar-refractivity contribution in [1.29, 1.82) is 0 Å². The van der Waals surface area contributed by atoms with Crippen LogP contribution in [0, 0.1) is 6.92 Å². The Bertz CT molecular complexity index is 1180. The van der Waals surface area contributed by atoms with Crippen molar-refractivity contribution in [2.75, 3.05) is 25.0 Å². The SMILES string of the molecule is Cc1[nH]nc(C(=O)Nc2cnc3[nH]c(C4=CCN(C(=O)C(O)CO)CC4)cc3c2)c1Cl. The van der Waals surface area contributed by atoms with Gasteiger partial charge in [-0.2, -0.15) is 5.10 Å². The number of aryl methyl sites for hydroxylation is 1. The van der Waals surface area contributed by atoms with Crippen LogP contribution in [0.5, 0.6) is 0 Å². The number of fused-ring (bicyclic) bond motifs is 1. The van der Waals surface area contributed by atoms with Gasteiger partial charge in [0, 0.05) is 24.2 Å². The van der Waals surface area contributed by atoms with E-state index in [4.69, 9.17) is 16.7 Å². The molecule has 31 heavy (non-hydrogen) atoms. The number of carbonyl (C=O) groups excluding carboxylic acids is 2. The number of aliphatic hydroxyl groups excluding tert-OH is 2. The third kappa shape index (κ3) is 4.18. The topological polar surface area (TPSA) is 147 Å². The number of hydrogen-bond acceptors (Lipinski definition) is 6. The van der Waals surface area contributed by atoms with Crippen LogP contribution in [0.3, 0.4) is 0 Å². The minimum atomic E-state index is -1.39. The van der Waals surface area contributed by atoms with E-state index in [-0.39, 0.29) is 10.7 Å². The smallest absolute Gasteiger partial charge is 0.277 e. The molecule has 1 unspecified atom stereocenters. The number of hydrogen-bond donors (Lipinski definition) is 5. The molecule has 2 amide bonds. The summed E-state index contributed by atoms with van der Waals surface area (Å²) in [5, 5.41) is 28.9. The third-order valence-electron chi connectivity index (χ3n) is 5.14. The van der Waals surface area contributed by atoms with Crippen molar-refractivity contribution in [2.45, 2.75) is 19.4 Å². The first-order chi connectivity index (χ1) is 14.9. The quantitative estimate of drug-likeness (QED) is 0.402. The van der Waals surface area contributed by atoms with Crippen molar-refractivity contribution in [3.05, 3.63) is 46.5 Å². The molecule has 0 saturated carbocycles. The lowest BCUT2D eigenvalue weighted by atomic mass is 10.0. The number of aliphatic hydroxyl groups is 2. The van der Waals surface area contributed by atoms with E-state index < -0.39 is 24.5 Å². The van der Waals surface area contributed by atoms with Gasteiger partial charge < -0.3 is 25.4 Å². The fourth-order valence-electron chi connectivity index (χ4n) is 3.42. The molecule has 0 aliphatic carbocycles. The van der Waals surface area contributed by atoms with Crippen LogP contribution in [0.1, 0.15) is 28.3 Å². The number of H-pyrrole nitrogens is 2. The number of nitrogens with zero attached hydrogens (tertiary/aromatic N) is 3. The number of aromatic amines is 2. The van der Waals surface area contributed by atoms with E-state index in [2.05, 4.69) is 25.5 Å². The van der Waals surface area contributed by atoms with Gasteiger partial charge >= 0.3 is 0 Å². The number of aromatic nitrogens is 4. The molecule has 0 bridgehead atoms. The highest BCUT2D eigenvalue weighted by atomic mass is 35.5. The number of rotatable bonds is 5. The second kappa shape index (κ2) is 8.50. The number of amides is 2. The van der Waals surface area contributed by atoms with E-state index in [0.717, 1.165) is 16.7 Å². The fourth-order valence-corrected chi connectivity index (χ4v) is 3.59. The maximum atomic E-state index is 12.4. The summed E-state index contributed by atoms with van der Waals surface area (Å²) >= 11 is 6.08. The predicted octanol–water partition coefficient (Wildman–Crippen LogP) is 1.47. The molecular weight excluding hydrogens is 424 g/mol. The molecule has 11 heteroatoms. The van der Waals surface area contributed by atoms with Gasteiger partial charge in [-0.15, -0.1) is 0 Å². The molecule has 1 aliphatic heterocycles. The van der Waals surface area contributed by atoms with Gasteiger partial charge in [-0.05, 0) is 31.1 Å². The van der Waals surface area contributed by atoms with Gasteiger partial charge in [0.15, 0.2) is 11.8 Å². The lowest BCUT2D eigenvalue weighted by Gasteiger charge is -2.27. The summed E-state index contributed by atoms with van der Waals surface area (Å²) in [6.45, 7) is 1.92. The summed E-state index contributed by atoms with van der Waals surface area (Å²) in [7, 11) is 0. The fraction of sp³-hybridized carbons (Fsp3) is 0.300. The first-order valence-corrected chi connectivity index (χ1v) is 10.0. The monoisotopic (exact) mass is 444 g/mol. The van der Waals surface area contributed by atoms with Crippen LogP contribution in [0.15, 0.2) is 24.4 Å². The largest absolute Gasteiger partial charge is 0.393 e. The highest BCUT2D eigenvalue weighted by Gasteiger charge is 2.24. The Balaban J connectivity index is 1.49. The van der Waals surface area contributed by atoms with Gasteiger partial charge in [-0.3, -0.25) is 14.7 Å². The average Bonchev–Trinajstić information content (AvgIpc) is 3.35. The highest BCUT2D eigenvalue weighted by molar-refractivity contribution is 6.34. The molecule has 0 spiro atoms. The highest BCUT2D eigenvalue weighted by Crippen LogP contribution is 2.27. The minimum Gasteiger partial charge on any atom is -0.393 e. The summed E-state index contributed by atoms with van der Waals surface area (Å²) in [6.07, 6.45) is 2.65. The Hall–Kier alpha value is -3.21. The molecule has 1 atom stereocenters. The van der Waals surface area contributed by atoms with E-state index in [1.54, 1.807) is 19.2 Å². The van der Waals surface area contributed by atoms with Gasteiger partial charge in [0.05, 0.1) is 29.2 Å². The maximum Gasteiger partial charge on any atom is 0.277 e.